The third kappa shape index (κ3) is 3.82. The maximum absolute atomic E-state index is 12.1. The monoisotopic (exact) mass is 291 g/mol. The van der Waals surface area contributed by atoms with Gasteiger partial charge >= 0.3 is 0 Å². The van der Waals surface area contributed by atoms with Gasteiger partial charge in [0, 0.05) is 24.7 Å². The molecule has 0 atom stereocenters. The second-order valence-corrected chi connectivity index (χ2v) is 5.86. The molecule has 2 heterocycles. The van der Waals surface area contributed by atoms with E-state index in [1.165, 1.54) is 11.3 Å². The van der Waals surface area contributed by atoms with E-state index < -0.39 is 0 Å². The molecule has 2 rings (SSSR count). The fraction of sp³-hybridized carbons (Fsp3) is 0.385. The molecule has 2 aromatic heterocycles. The lowest BCUT2D eigenvalue weighted by Crippen LogP contribution is -2.13. The number of aromatic nitrogens is 3. The number of carbonyl (C=O) groups is 1. The average Bonchev–Trinajstić information content (AvgIpc) is 2.85. The molecule has 7 heteroatoms. The highest BCUT2D eigenvalue weighted by molar-refractivity contribution is 7.15. The summed E-state index contributed by atoms with van der Waals surface area (Å²) in [7, 11) is 0. The van der Waals surface area contributed by atoms with Gasteiger partial charge in [0.05, 0.1) is 5.69 Å². The SMILES string of the molecule is CC(C)Cc1nnc(NC(=O)c2ccnc(CN)c2)s1. The minimum absolute atomic E-state index is 0.227. The Hall–Kier alpha value is -1.86. The van der Waals surface area contributed by atoms with Crippen LogP contribution in [0.5, 0.6) is 0 Å². The van der Waals surface area contributed by atoms with Gasteiger partial charge in [-0.25, -0.2) is 0 Å². The third-order valence-electron chi connectivity index (χ3n) is 2.56. The molecule has 0 bridgehead atoms. The zero-order valence-corrected chi connectivity index (χ0v) is 12.3. The lowest BCUT2D eigenvalue weighted by atomic mass is 10.1. The van der Waals surface area contributed by atoms with Crippen molar-refractivity contribution in [3.05, 3.63) is 34.6 Å². The van der Waals surface area contributed by atoms with Crippen LogP contribution in [0.15, 0.2) is 18.3 Å². The highest BCUT2D eigenvalue weighted by Gasteiger charge is 2.11. The van der Waals surface area contributed by atoms with E-state index in [1.54, 1.807) is 18.3 Å². The summed E-state index contributed by atoms with van der Waals surface area (Å²) in [6.07, 6.45) is 2.43. The summed E-state index contributed by atoms with van der Waals surface area (Å²) in [5, 5.41) is 12.2. The minimum atomic E-state index is -0.227. The van der Waals surface area contributed by atoms with Crippen molar-refractivity contribution in [2.45, 2.75) is 26.8 Å². The van der Waals surface area contributed by atoms with Crippen LogP contribution in [0.3, 0.4) is 0 Å². The van der Waals surface area contributed by atoms with E-state index in [9.17, 15) is 4.79 Å². The van der Waals surface area contributed by atoms with Crippen LogP contribution in [0.1, 0.15) is 34.9 Å². The molecule has 0 aliphatic heterocycles. The molecule has 0 radical (unpaired) electrons. The highest BCUT2D eigenvalue weighted by atomic mass is 32.1. The van der Waals surface area contributed by atoms with Crippen molar-refractivity contribution in [2.24, 2.45) is 11.7 Å². The number of hydrogen-bond acceptors (Lipinski definition) is 6. The summed E-state index contributed by atoms with van der Waals surface area (Å²) < 4.78 is 0. The molecular weight excluding hydrogens is 274 g/mol. The van der Waals surface area contributed by atoms with Gasteiger partial charge in [0.2, 0.25) is 5.13 Å². The van der Waals surface area contributed by atoms with Crippen LogP contribution in [0.25, 0.3) is 0 Å². The second-order valence-electron chi connectivity index (χ2n) is 4.79. The Labute approximate surface area is 121 Å². The van der Waals surface area contributed by atoms with Gasteiger partial charge in [-0.15, -0.1) is 10.2 Å². The Kier molecular flexibility index (Phi) is 4.75. The predicted octanol–water partition coefficient (Wildman–Crippen LogP) is 1.84. The van der Waals surface area contributed by atoms with Crippen LogP contribution in [-0.4, -0.2) is 21.1 Å². The summed E-state index contributed by atoms with van der Waals surface area (Å²) in [6.45, 7) is 4.54. The predicted molar refractivity (Wildman–Crippen MR) is 78.5 cm³/mol. The molecule has 1 amide bonds. The molecule has 3 N–H and O–H groups in total. The first-order valence-electron chi connectivity index (χ1n) is 6.37. The summed E-state index contributed by atoms with van der Waals surface area (Å²) in [6, 6.07) is 3.32. The quantitative estimate of drug-likeness (QED) is 0.876. The number of anilines is 1. The van der Waals surface area contributed by atoms with E-state index >= 15 is 0 Å². The van der Waals surface area contributed by atoms with E-state index in [-0.39, 0.29) is 5.91 Å². The smallest absolute Gasteiger partial charge is 0.257 e. The molecule has 0 aliphatic carbocycles. The van der Waals surface area contributed by atoms with Gasteiger partial charge in [0.1, 0.15) is 5.01 Å². The van der Waals surface area contributed by atoms with Crippen molar-refractivity contribution >= 4 is 22.4 Å². The van der Waals surface area contributed by atoms with Crippen molar-refractivity contribution in [3.63, 3.8) is 0 Å². The largest absolute Gasteiger partial charge is 0.325 e. The van der Waals surface area contributed by atoms with Crippen LogP contribution in [0.4, 0.5) is 5.13 Å². The molecule has 0 aromatic carbocycles. The average molecular weight is 291 g/mol. The number of hydrogen-bond donors (Lipinski definition) is 2. The molecule has 0 saturated heterocycles. The van der Waals surface area contributed by atoms with E-state index in [4.69, 9.17) is 5.73 Å². The molecular formula is C13H17N5OS. The van der Waals surface area contributed by atoms with Crippen LogP contribution < -0.4 is 11.1 Å². The van der Waals surface area contributed by atoms with Crippen LogP contribution in [0.2, 0.25) is 0 Å². The molecule has 0 saturated carbocycles. The van der Waals surface area contributed by atoms with E-state index in [0.29, 0.717) is 28.9 Å². The molecule has 0 fully saturated rings. The maximum Gasteiger partial charge on any atom is 0.257 e. The highest BCUT2D eigenvalue weighted by Crippen LogP contribution is 2.19. The van der Waals surface area contributed by atoms with E-state index in [2.05, 4.69) is 34.3 Å². The normalized spacial score (nSPS) is 10.8. The summed E-state index contributed by atoms with van der Waals surface area (Å²) in [4.78, 5) is 16.1. The topological polar surface area (TPSA) is 93.8 Å². The van der Waals surface area contributed by atoms with Crippen LogP contribution in [0, 0.1) is 5.92 Å². The summed E-state index contributed by atoms with van der Waals surface area (Å²) >= 11 is 1.40. The van der Waals surface area contributed by atoms with E-state index in [0.717, 1.165) is 11.4 Å². The van der Waals surface area contributed by atoms with Crippen molar-refractivity contribution < 1.29 is 4.79 Å². The van der Waals surface area contributed by atoms with E-state index in [1.807, 2.05) is 0 Å². The molecule has 0 aliphatic rings. The molecule has 0 spiro atoms. The first-order valence-corrected chi connectivity index (χ1v) is 7.19. The summed E-state index contributed by atoms with van der Waals surface area (Å²) in [5.74, 6) is 0.285. The van der Waals surface area contributed by atoms with Gasteiger partial charge < -0.3 is 5.73 Å². The number of rotatable bonds is 5. The maximum atomic E-state index is 12.1. The Balaban J connectivity index is 2.05. The Morgan fingerprint density at radius 3 is 2.95 bits per heavy atom. The zero-order chi connectivity index (χ0) is 14.5. The molecule has 2 aromatic rings. The Morgan fingerprint density at radius 1 is 1.45 bits per heavy atom. The van der Waals surface area contributed by atoms with Crippen molar-refractivity contribution in [3.8, 4) is 0 Å². The number of pyridine rings is 1. The zero-order valence-electron chi connectivity index (χ0n) is 11.5. The minimum Gasteiger partial charge on any atom is -0.325 e. The molecule has 106 valence electrons. The number of nitrogens with zero attached hydrogens (tertiary/aromatic N) is 3. The fourth-order valence-electron chi connectivity index (χ4n) is 1.64. The Morgan fingerprint density at radius 2 is 2.25 bits per heavy atom. The standard InChI is InChI=1S/C13H17N5OS/c1-8(2)5-11-17-18-13(20-11)16-12(19)9-3-4-15-10(6-9)7-14/h3-4,6,8H,5,7,14H2,1-2H3,(H,16,18,19). The Bertz CT molecular complexity index is 596. The number of carbonyl (C=O) groups excluding carboxylic acids is 1. The number of nitrogens with two attached hydrogens (primary N) is 1. The number of nitrogens with one attached hydrogen (secondary N) is 1. The van der Waals surface area contributed by atoms with Crippen molar-refractivity contribution in [2.75, 3.05) is 5.32 Å². The van der Waals surface area contributed by atoms with Gasteiger partial charge in [-0.2, -0.15) is 0 Å². The number of amides is 1. The first kappa shape index (κ1) is 14.5. The summed E-state index contributed by atoms with van der Waals surface area (Å²) in [5.41, 5.74) is 6.70. The van der Waals surface area contributed by atoms with Crippen LogP contribution >= 0.6 is 11.3 Å². The third-order valence-corrected chi connectivity index (χ3v) is 3.42. The van der Waals surface area contributed by atoms with Crippen molar-refractivity contribution in [1.29, 1.82) is 0 Å². The van der Waals surface area contributed by atoms with Gasteiger partial charge in [0.15, 0.2) is 0 Å². The lowest BCUT2D eigenvalue weighted by Gasteiger charge is -2.02. The first-order chi connectivity index (χ1) is 9.58. The van der Waals surface area contributed by atoms with Gasteiger partial charge in [0.25, 0.3) is 5.91 Å². The molecule has 0 unspecified atom stereocenters. The van der Waals surface area contributed by atoms with Crippen LogP contribution in [-0.2, 0) is 13.0 Å². The molecule has 6 nitrogen and oxygen atoms in total. The van der Waals surface area contributed by atoms with Gasteiger partial charge in [-0.1, -0.05) is 25.2 Å². The second kappa shape index (κ2) is 6.53. The lowest BCUT2D eigenvalue weighted by molar-refractivity contribution is 0.102. The van der Waals surface area contributed by atoms with Gasteiger partial charge in [-0.3, -0.25) is 15.1 Å². The fourth-order valence-corrected chi connectivity index (χ4v) is 2.58. The molecule has 20 heavy (non-hydrogen) atoms. The van der Waals surface area contributed by atoms with Gasteiger partial charge in [-0.05, 0) is 18.1 Å². The van der Waals surface area contributed by atoms with Crippen molar-refractivity contribution in [1.82, 2.24) is 15.2 Å².